The van der Waals surface area contributed by atoms with Crippen LogP contribution in [-0.2, 0) is 35.2 Å². The third-order valence-electron chi connectivity index (χ3n) is 10.7. The zero-order valence-electron chi connectivity index (χ0n) is 34.9. The average Bonchev–Trinajstić information content (AvgIpc) is 3.26. The molecule has 1 heterocycles. The Morgan fingerprint density at radius 2 is 1.45 bits per heavy atom. The van der Waals surface area contributed by atoms with E-state index in [4.69, 9.17) is 22.4 Å². The molecule has 0 radical (unpaired) electrons. The lowest BCUT2D eigenvalue weighted by atomic mass is 9.93. The molecule has 338 valence electrons. The van der Waals surface area contributed by atoms with Gasteiger partial charge in [0.2, 0.25) is 29.4 Å². The number of hydrogen-bond acceptors (Lipinski definition) is 10. The highest BCUT2D eigenvalue weighted by atomic mass is 35.5. The number of halogens is 3. The van der Waals surface area contributed by atoms with Crippen LogP contribution in [0.2, 0.25) is 5.02 Å². The number of hydrogen-bond donors (Lipinski definition) is 8. The van der Waals surface area contributed by atoms with Gasteiger partial charge in [-0.2, -0.15) is 8.78 Å². The number of amides is 5. The van der Waals surface area contributed by atoms with Gasteiger partial charge in [0.05, 0.1) is 6.04 Å². The van der Waals surface area contributed by atoms with Crippen molar-refractivity contribution >= 4 is 52.9 Å². The molecule has 5 atom stereocenters. The molecule has 0 saturated carbocycles. The van der Waals surface area contributed by atoms with Gasteiger partial charge in [-0.05, 0) is 110 Å². The molecule has 4 aromatic rings. The molecule has 0 saturated heterocycles. The number of rotatable bonds is 14. The van der Waals surface area contributed by atoms with E-state index >= 15 is 0 Å². The number of benzene rings is 4. The fraction of sp³-hybridized carbons (Fsp3) is 0.311. The molecule has 5 amide bonds. The molecule has 0 spiro atoms. The van der Waals surface area contributed by atoms with Crippen LogP contribution in [0, 0.1) is 0 Å². The Labute approximate surface area is 371 Å². The number of carbonyl (C=O) groups is 7. The fourth-order valence-electron chi connectivity index (χ4n) is 7.09. The van der Waals surface area contributed by atoms with E-state index in [-0.39, 0.29) is 52.2 Å². The first-order chi connectivity index (χ1) is 30.2. The number of aliphatic carboxylic acids is 1. The van der Waals surface area contributed by atoms with E-state index < -0.39 is 77.4 Å². The second-order valence-corrected chi connectivity index (χ2v) is 15.8. The van der Waals surface area contributed by atoms with Crippen molar-refractivity contribution in [2.75, 3.05) is 13.6 Å². The predicted octanol–water partition coefficient (Wildman–Crippen LogP) is 3.85. The Kier molecular flexibility index (Phi) is 15.4. The van der Waals surface area contributed by atoms with Crippen molar-refractivity contribution in [1.29, 1.82) is 0 Å². The Hall–Kier alpha value is -6.92. The molecular formula is C45H47ClF2N6O10. The SMILES string of the molecule is CC1NC(=O)C(N(C)C(=O)C(CCCCN)NC(=O)c2ccc(-c3ccc(Cl)cc3)cc2)c2ccc(O)c(c2)-c2cc(ccc2O)CC(C(=O)NC(C)C(=O)C(F)(F)C(=O)O)NC1=O. The number of carboxylic acid groups (broad SMARTS) is 1. The van der Waals surface area contributed by atoms with Gasteiger partial charge in [-0.1, -0.05) is 48.0 Å². The number of phenols is 2. The van der Waals surface area contributed by atoms with Crippen molar-refractivity contribution in [2.45, 2.75) is 75.7 Å². The maximum absolute atomic E-state index is 14.5. The number of carbonyl (C=O) groups excluding carboxylic acids is 6. The van der Waals surface area contributed by atoms with Gasteiger partial charge in [0, 0.05) is 35.2 Å². The number of carboxylic acids is 1. The lowest BCUT2D eigenvalue weighted by molar-refractivity contribution is -0.172. The average molecular weight is 905 g/mol. The summed E-state index contributed by atoms with van der Waals surface area (Å²) in [5.74, 6) is -14.8. The molecule has 19 heteroatoms. The summed E-state index contributed by atoms with van der Waals surface area (Å²) in [6, 6.07) is 13.8. The third kappa shape index (κ3) is 11.2. The molecule has 4 bridgehead atoms. The highest BCUT2D eigenvalue weighted by Gasteiger charge is 2.50. The molecule has 0 aliphatic carbocycles. The van der Waals surface area contributed by atoms with Crippen molar-refractivity contribution in [2.24, 2.45) is 5.73 Å². The van der Waals surface area contributed by atoms with Gasteiger partial charge in [0.15, 0.2) is 0 Å². The summed E-state index contributed by atoms with van der Waals surface area (Å²) < 4.78 is 28.1. The summed E-state index contributed by atoms with van der Waals surface area (Å²) in [5.41, 5.74) is 7.99. The topological polar surface area (TPSA) is 258 Å². The van der Waals surface area contributed by atoms with Crippen LogP contribution in [0.4, 0.5) is 8.78 Å². The van der Waals surface area contributed by atoms with E-state index in [9.17, 15) is 52.6 Å². The predicted molar refractivity (Wildman–Crippen MR) is 230 cm³/mol. The van der Waals surface area contributed by atoms with Gasteiger partial charge in [0.25, 0.3) is 5.91 Å². The molecule has 5 rings (SSSR count). The summed E-state index contributed by atoms with van der Waals surface area (Å²) in [7, 11) is 1.31. The standard InChI is InChI=1S/C45H47ClF2N6O10/c1-23(38(57)45(47,48)44(63)64)50-41(60)34-21-25-7-17-35(55)31(20-25)32-22-29(14-18-36(32)56)37(42(61)51-24(2)39(58)53-34)54(3)43(62)33(6-4-5-19-49)52-40(59)28-10-8-26(9-11-28)27-12-15-30(46)16-13-27/h7-18,20,22-24,33-34,37,55-56H,4-6,19,21,49H2,1-3H3,(H,50,60)(H,51,61)(H,52,59)(H,53,58)(H,63,64). The molecular weight excluding hydrogens is 858 g/mol. The van der Waals surface area contributed by atoms with E-state index in [0.717, 1.165) is 23.0 Å². The lowest BCUT2D eigenvalue weighted by Crippen LogP contribution is -2.58. The van der Waals surface area contributed by atoms with Crippen LogP contribution in [0.1, 0.15) is 60.6 Å². The molecule has 0 aromatic heterocycles. The molecule has 16 nitrogen and oxygen atoms in total. The van der Waals surface area contributed by atoms with Crippen molar-refractivity contribution in [3.05, 3.63) is 107 Å². The summed E-state index contributed by atoms with van der Waals surface area (Å²) in [5, 5.41) is 41.2. The number of nitrogens with one attached hydrogen (secondary N) is 4. The summed E-state index contributed by atoms with van der Waals surface area (Å²) >= 11 is 6.02. The van der Waals surface area contributed by atoms with Gasteiger partial charge < -0.3 is 47.2 Å². The van der Waals surface area contributed by atoms with Gasteiger partial charge in [-0.3, -0.25) is 28.8 Å². The number of ketones is 1. The first kappa shape index (κ1) is 48.1. The van der Waals surface area contributed by atoms with Gasteiger partial charge in [-0.15, -0.1) is 0 Å². The van der Waals surface area contributed by atoms with E-state index in [1.807, 2.05) is 17.4 Å². The maximum Gasteiger partial charge on any atom is 0.401 e. The van der Waals surface area contributed by atoms with E-state index in [1.54, 1.807) is 36.4 Å². The van der Waals surface area contributed by atoms with Crippen LogP contribution < -0.4 is 27.0 Å². The number of aromatic hydroxyl groups is 2. The second-order valence-electron chi connectivity index (χ2n) is 15.3. The number of nitrogens with two attached hydrogens (primary N) is 1. The maximum atomic E-state index is 14.5. The van der Waals surface area contributed by atoms with Gasteiger partial charge in [-0.25, -0.2) is 4.79 Å². The van der Waals surface area contributed by atoms with Gasteiger partial charge >= 0.3 is 11.9 Å². The first-order valence-electron chi connectivity index (χ1n) is 20.1. The van der Waals surface area contributed by atoms with Crippen LogP contribution in [0.5, 0.6) is 11.5 Å². The third-order valence-corrected chi connectivity index (χ3v) is 11.0. The zero-order chi connectivity index (χ0) is 47.0. The molecule has 0 fully saturated rings. The van der Waals surface area contributed by atoms with Gasteiger partial charge in [0.1, 0.15) is 35.7 Å². The zero-order valence-corrected chi connectivity index (χ0v) is 35.6. The van der Waals surface area contributed by atoms with Crippen molar-refractivity contribution < 1.29 is 57.7 Å². The molecule has 1 aliphatic rings. The Morgan fingerprint density at radius 1 is 0.859 bits per heavy atom. The molecule has 1 aliphatic heterocycles. The van der Waals surface area contributed by atoms with Crippen molar-refractivity contribution in [3.8, 4) is 33.8 Å². The molecule has 5 unspecified atom stereocenters. The lowest BCUT2D eigenvalue weighted by Gasteiger charge is -2.32. The fourth-order valence-corrected chi connectivity index (χ4v) is 7.22. The Morgan fingerprint density at radius 3 is 2.06 bits per heavy atom. The highest BCUT2D eigenvalue weighted by Crippen LogP contribution is 2.39. The normalized spacial score (nSPS) is 17.4. The number of unbranched alkanes of at least 4 members (excludes halogenated alkanes) is 1. The van der Waals surface area contributed by atoms with Crippen molar-refractivity contribution in [3.63, 3.8) is 0 Å². The van der Waals surface area contributed by atoms with Crippen LogP contribution in [0.15, 0.2) is 84.9 Å². The Bertz CT molecular complexity index is 2440. The van der Waals surface area contributed by atoms with Crippen LogP contribution in [-0.4, -0.2) is 105 Å². The number of alkyl halides is 2. The monoisotopic (exact) mass is 904 g/mol. The highest BCUT2D eigenvalue weighted by molar-refractivity contribution is 6.30. The molecule has 4 aromatic carbocycles. The smallest absolute Gasteiger partial charge is 0.401 e. The second kappa shape index (κ2) is 20.5. The number of likely N-dealkylation sites (N-methyl/N-ethyl adjacent to an activating group) is 1. The number of phenolic OH excluding ortho intramolecular Hbond substituents is 2. The summed E-state index contributed by atoms with van der Waals surface area (Å²) in [6.45, 7) is 2.40. The summed E-state index contributed by atoms with van der Waals surface area (Å²) in [4.78, 5) is 94.1. The minimum absolute atomic E-state index is 0.0143. The van der Waals surface area contributed by atoms with E-state index in [1.165, 1.54) is 50.4 Å². The molecule has 64 heavy (non-hydrogen) atoms. The number of Topliss-reactive ketones (excluding diaryl/α,β-unsaturated/α-hetero) is 1. The van der Waals surface area contributed by atoms with Crippen LogP contribution in [0.25, 0.3) is 22.3 Å². The Balaban J connectivity index is 1.49. The minimum Gasteiger partial charge on any atom is -0.507 e. The quantitative estimate of drug-likeness (QED) is 0.0666. The van der Waals surface area contributed by atoms with Crippen LogP contribution >= 0.6 is 11.6 Å². The number of nitrogens with zero attached hydrogens (tertiary/aromatic N) is 1. The minimum atomic E-state index is -4.84. The largest absolute Gasteiger partial charge is 0.507 e. The first-order valence-corrected chi connectivity index (χ1v) is 20.5. The van der Waals surface area contributed by atoms with Crippen LogP contribution in [0.3, 0.4) is 0 Å². The number of fused-ring (bicyclic) bond motifs is 5. The summed E-state index contributed by atoms with van der Waals surface area (Å²) in [6.07, 6.45) is 0.646. The van der Waals surface area contributed by atoms with E-state index in [2.05, 4.69) is 16.0 Å². The van der Waals surface area contributed by atoms with Crippen molar-refractivity contribution in [1.82, 2.24) is 26.2 Å². The van der Waals surface area contributed by atoms with E-state index in [0.29, 0.717) is 24.4 Å². The molecule has 9 N–H and O–H groups in total.